The van der Waals surface area contributed by atoms with Crippen LogP contribution in [0.3, 0.4) is 0 Å². The number of aryl methyl sites for hydroxylation is 2. The van der Waals surface area contributed by atoms with E-state index >= 15 is 0 Å². The average Bonchev–Trinajstić information content (AvgIpc) is 3.06. The zero-order valence-electron chi connectivity index (χ0n) is 11.8. The van der Waals surface area contributed by atoms with Gasteiger partial charge in [0.25, 0.3) is 5.78 Å². The van der Waals surface area contributed by atoms with E-state index in [0.717, 1.165) is 0 Å². The van der Waals surface area contributed by atoms with Gasteiger partial charge in [-0.2, -0.15) is 0 Å². The number of hydrogen-bond acceptors (Lipinski definition) is 7. The van der Waals surface area contributed by atoms with Gasteiger partial charge in [0.15, 0.2) is 22.9 Å². The monoisotopic (exact) mass is 294 g/mol. The Bertz CT molecular complexity index is 949. The second-order valence-corrected chi connectivity index (χ2v) is 4.78. The molecule has 0 radical (unpaired) electrons. The van der Waals surface area contributed by atoms with E-state index in [9.17, 15) is 4.79 Å². The van der Waals surface area contributed by atoms with Crippen molar-refractivity contribution < 1.29 is 4.79 Å². The molecule has 0 aromatic carbocycles. The van der Waals surface area contributed by atoms with Crippen LogP contribution in [0.2, 0.25) is 0 Å². The highest BCUT2D eigenvalue weighted by Crippen LogP contribution is 2.17. The molecule has 0 aliphatic carbocycles. The Morgan fingerprint density at radius 2 is 1.32 bits per heavy atom. The molecule has 0 saturated carbocycles. The summed E-state index contributed by atoms with van der Waals surface area (Å²) >= 11 is 0. The van der Waals surface area contributed by atoms with E-state index in [-0.39, 0.29) is 17.4 Å². The molecule has 0 bridgehead atoms. The highest BCUT2D eigenvalue weighted by atomic mass is 16.1. The second-order valence-electron chi connectivity index (χ2n) is 4.78. The number of nitrogens with zero attached hydrogens (tertiary/aromatic N) is 8. The number of ketones is 1. The summed E-state index contributed by atoms with van der Waals surface area (Å²) in [5.74, 6) is 0.199. The maximum absolute atomic E-state index is 12.8. The van der Waals surface area contributed by atoms with Gasteiger partial charge in [0.05, 0.1) is 12.4 Å². The van der Waals surface area contributed by atoms with E-state index in [4.69, 9.17) is 0 Å². The summed E-state index contributed by atoms with van der Waals surface area (Å²) in [7, 11) is 3.49. The molecule has 4 aromatic heterocycles. The molecule has 0 spiro atoms. The molecule has 0 amide bonds. The van der Waals surface area contributed by atoms with Crippen LogP contribution >= 0.6 is 0 Å². The summed E-state index contributed by atoms with van der Waals surface area (Å²) in [5, 5.41) is 0. The minimum atomic E-state index is -0.305. The van der Waals surface area contributed by atoms with Gasteiger partial charge in [-0.25, -0.2) is 29.9 Å². The van der Waals surface area contributed by atoms with Gasteiger partial charge in [0.1, 0.15) is 23.7 Å². The van der Waals surface area contributed by atoms with Gasteiger partial charge in [0, 0.05) is 14.1 Å². The number of carbonyl (C=O) groups excluding carboxylic acids is 1. The van der Waals surface area contributed by atoms with E-state index < -0.39 is 0 Å². The largest absolute Gasteiger partial charge is 0.322 e. The minimum absolute atomic E-state index is 0.252. The maximum Gasteiger partial charge on any atom is 0.263 e. The average molecular weight is 294 g/mol. The molecule has 108 valence electrons. The fraction of sp³-hybridized carbons (Fsp3) is 0.154. The zero-order valence-corrected chi connectivity index (χ0v) is 11.8. The van der Waals surface area contributed by atoms with Crippen molar-refractivity contribution >= 4 is 28.1 Å². The molecule has 0 atom stereocenters. The van der Waals surface area contributed by atoms with E-state index in [1.807, 2.05) is 0 Å². The van der Waals surface area contributed by atoms with E-state index in [1.165, 1.54) is 12.7 Å². The lowest BCUT2D eigenvalue weighted by Crippen LogP contribution is -2.13. The van der Waals surface area contributed by atoms with Gasteiger partial charge in [-0.05, 0) is 0 Å². The topological polar surface area (TPSA) is 104 Å². The molecule has 0 aliphatic heterocycles. The zero-order chi connectivity index (χ0) is 15.3. The third-order valence-corrected chi connectivity index (χ3v) is 3.53. The summed E-state index contributed by atoms with van der Waals surface area (Å²) in [6.45, 7) is 0. The summed E-state index contributed by atoms with van der Waals surface area (Å²) in [6, 6.07) is 0. The molecular formula is C13H10N8O. The molecule has 4 aromatic rings. The predicted molar refractivity (Wildman–Crippen MR) is 76.0 cm³/mol. The van der Waals surface area contributed by atoms with Crippen LogP contribution in [0.5, 0.6) is 0 Å². The Hall–Kier alpha value is -3.23. The molecular weight excluding hydrogens is 284 g/mol. The number of imidazole rings is 2. The van der Waals surface area contributed by atoms with Crippen molar-refractivity contribution in [1.29, 1.82) is 0 Å². The van der Waals surface area contributed by atoms with Crippen LogP contribution in [0.25, 0.3) is 22.3 Å². The summed E-state index contributed by atoms with van der Waals surface area (Å²) in [5.41, 5.74) is 2.31. The predicted octanol–water partition coefficient (Wildman–Crippen LogP) is 0.271. The third kappa shape index (κ3) is 1.62. The number of carbonyl (C=O) groups is 1. The lowest BCUT2D eigenvalue weighted by Gasteiger charge is -2.01. The fourth-order valence-electron chi connectivity index (χ4n) is 2.36. The molecule has 22 heavy (non-hydrogen) atoms. The molecule has 0 N–H and O–H groups in total. The first-order valence-electron chi connectivity index (χ1n) is 6.46. The van der Waals surface area contributed by atoms with Crippen LogP contribution < -0.4 is 0 Å². The van der Waals surface area contributed by atoms with E-state index in [0.29, 0.717) is 22.3 Å². The van der Waals surface area contributed by atoms with Crippen LogP contribution in [-0.2, 0) is 14.1 Å². The first-order chi connectivity index (χ1) is 10.7. The van der Waals surface area contributed by atoms with Crippen LogP contribution in [0, 0.1) is 0 Å². The Morgan fingerprint density at radius 3 is 1.73 bits per heavy atom. The third-order valence-electron chi connectivity index (χ3n) is 3.53. The van der Waals surface area contributed by atoms with Crippen LogP contribution in [-0.4, -0.2) is 44.8 Å². The smallest absolute Gasteiger partial charge is 0.263 e. The van der Waals surface area contributed by atoms with Crippen LogP contribution in [0.1, 0.15) is 16.4 Å². The molecule has 4 heterocycles. The standard InChI is InChI=1S/C13H10N8O/c1-20-7-3-14-5-16-10(7)18-12(20)9(22)13-19-11-8(21(13)2)4-15-6-17-11/h3-6H,1-2H3. The van der Waals surface area contributed by atoms with E-state index in [2.05, 4.69) is 29.9 Å². The number of rotatable bonds is 2. The molecule has 0 fully saturated rings. The Labute approximate surface area is 123 Å². The number of hydrogen-bond donors (Lipinski definition) is 0. The number of fused-ring (bicyclic) bond motifs is 2. The minimum Gasteiger partial charge on any atom is -0.322 e. The van der Waals surface area contributed by atoms with Crippen molar-refractivity contribution in [2.24, 2.45) is 14.1 Å². The van der Waals surface area contributed by atoms with Gasteiger partial charge in [-0.1, -0.05) is 0 Å². The summed E-state index contributed by atoms with van der Waals surface area (Å²) in [4.78, 5) is 37.3. The van der Waals surface area contributed by atoms with Gasteiger partial charge >= 0.3 is 0 Å². The van der Waals surface area contributed by atoms with Crippen molar-refractivity contribution in [2.45, 2.75) is 0 Å². The van der Waals surface area contributed by atoms with Gasteiger partial charge in [0.2, 0.25) is 0 Å². The van der Waals surface area contributed by atoms with E-state index in [1.54, 1.807) is 35.6 Å². The molecule has 9 heteroatoms. The van der Waals surface area contributed by atoms with Crippen LogP contribution in [0.4, 0.5) is 0 Å². The Kier molecular flexibility index (Phi) is 2.49. The maximum atomic E-state index is 12.8. The molecule has 9 nitrogen and oxygen atoms in total. The van der Waals surface area contributed by atoms with Crippen molar-refractivity contribution in [1.82, 2.24) is 39.0 Å². The van der Waals surface area contributed by atoms with Gasteiger partial charge in [-0.15, -0.1) is 0 Å². The van der Waals surface area contributed by atoms with Gasteiger partial charge < -0.3 is 9.13 Å². The highest BCUT2D eigenvalue weighted by Gasteiger charge is 2.23. The molecule has 0 saturated heterocycles. The lowest BCUT2D eigenvalue weighted by molar-refractivity contribution is 0.101. The lowest BCUT2D eigenvalue weighted by atomic mass is 10.3. The van der Waals surface area contributed by atoms with Crippen molar-refractivity contribution in [3.8, 4) is 0 Å². The normalized spacial score (nSPS) is 11.4. The molecule has 0 aliphatic rings. The first kappa shape index (κ1) is 12.5. The molecule has 4 rings (SSSR count). The van der Waals surface area contributed by atoms with Crippen LogP contribution in [0.15, 0.2) is 25.0 Å². The van der Waals surface area contributed by atoms with Gasteiger partial charge in [-0.3, -0.25) is 4.79 Å². The molecule has 0 unspecified atom stereocenters. The summed E-state index contributed by atoms with van der Waals surface area (Å²) < 4.78 is 3.31. The van der Waals surface area contributed by atoms with Crippen molar-refractivity contribution in [3.05, 3.63) is 36.7 Å². The SMILES string of the molecule is Cn1c(C(=O)c2nc3ncncc3n2C)nc2ncncc21. The Balaban J connectivity index is 1.92. The summed E-state index contributed by atoms with van der Waals surface area (Å²) in [6.07, 6.45) is 6.03. The van der Waals surface area contributed by atoms with Crippen molar-refractivity contribution in [3.63, 3.8) is 0 Å². The fourth-order valence-corrected chi connectivity index (χ4v) is 2.36. The first-order valence-corrected chi connectivity index (χ1v) is 6.46. The second kappa shape index (κ2) is 4.38. The highest BCUT2D eigenvalue weighted by molar-refractivity contribution is 6.07. The number of aromatic nitrogens is 8. The quantitative estimate of drug-likeness (QED) is 0.489. The van der Waals surface area contributed by atoms with Crippen molar-refractivity contribution in [2.75, 3.05) is 0 Å². The Morgan fingerprint density at radius 1 is 0.864 bits per heavy atom.